The van der Waals surface area contributed by atoms with E-state index in [9.17, 15) is 4.79 Å². The molecule has 0 radical (unpaired) electrons. The van der Waals surface area contributed by atoms with Crippen molar-refractivity contribution in [1.82, 2.24) is 10.6 Å². The normalized spacial score (nSPS) is 28.0. The van der Waals surface area contributed by atoms with E-state index in [-0.39, 0.29) is 24.0 Å². The smallest absolute Gasteiger partial charge is 0.223 e. The molecule has 0 spiro atoms. The van der Waals surface area contributed by atoms with Gasteiger partial charge < -0.3 is 20.7 Å². The molecule has 142 valence electrons. The zero-order valence-electron chi connectivity index (χ0n) is 15.0. The lowest BCUT2D eigenvalue weighted by atomic mass is 9.74. The van der Waals surface area contributed by atoms with Gasteiger partial charge in [0.25, 0.3) is 0 Å². The van der Waals surface area contributed by atoms with Crippen molar-refractivity contribution in [3.63, 3.8) is 0 Å². The minimum absolute atomic E-state index is 0.0679. The molecule has 4 atom stereocenters. The summed E-state index contributed by atoms with van der Waals surface area (Å²) in [5.74, 6) is 0.826. The quantitative estimate of drug-likeness (QED) is 0.613. The lowest BCUT2D eigenvalue weighted by molar-refractivity contribution is -0.131. The van der Waals surface area contributed by atoms with Gasteiger partial charge in [0.2, 0.25) is 5.91 Å². The van der Waals surface area contributed by atoms with Gasteiger partial charge in [0.15, 0.2) is 5.11 Å². The molecule has 5 nitrogen and oxygen atoms in total. The second-order valence-corrected chi connectivity index (χ2v) is 8.48. The third-order valence-corrected chi connectivity index (χ3v) is 6.22. The van der Waals surface area contributed by atoms with Gasteiger partial charge in [-0.05, 0) is 74.5 Å². The molecule has 1 amide bonds. The zero-order valence-corrected chi connectivity index (χ0v) is 17.4. The molecular weight excluding hydrogens is 414 g/mol. The number of rotatable bonds is 5. The first-order chi connectivity index (χ1) is 12.5. The van der Waals surface area contributed by atoms with E-state index in [2.05, 4.69) is 31.9 Å². The van der Waals surface area contributed by atoms with Crippen LogP contribution in [0.3, 0.4) is 0 Å². The Morgan fingerprint density at radius 3 is 2.81 bits per heavy atom. The average Bonchev–Trinajstić information content (AvgIpc) is 2.63. The van der Waals surface area contributed by atoms with Gasteiger partial charge >= 0.3 is 0 Å². The molecule has 26 heavy (non-hydrogen) atoms. The lowest BCUT2D eigenvalue weighted by Gasteiger charge is -2.41. The number of piperidine rings is 1. The molecule has 0 aromatic heterocycles. The Hall–Kier alpha value is -1.18. The predicted octanol–water partition coefficient (Wildman–Crippen LogP) is 3.45. The zero-order chi connectivity index (χ0) is 18.5. The molecule has 1 heterocycles. The second-order valence-electron chi connectivity index (χ2n) is 7.16. The maximum absolute atomic E-state index is 12.4. The molecule has 1 aromatic rings. The molecular formula is C19H26BrN3O2S. The number of anilines is 1. The van der Waals surface area contributed by atoms with Crippen LogP contribution in [0.15, 0.2) is 28.7 Å². The Labute approximate surface area is 168 Å². The standard InChI is InChI=1S/C19H26BrN3O2S/c1-25-16-7-2-12-10-13(18(24)23-17(12)11-16)8-9-21-19(26)22-15-5-3-14(20)4-6-15/h3-6,12-13,16-17H,2,7-11H2,1H3,(H,23,24)(H2,21,22,26). The first-order valence-electron chi connectivity index (χ1n) is 9.18. The van der Waals surface area contributed by atoms with E-state index in [0.717, 1.165) is 42.3 Å². The first-order valence-corrected chi connectivity index (χ1v) is 10.4. The van der Waals surface area contributed by atoms with Crippen molar-refractivity contribution < 1.29 is 9.53 Å². The maximum atomic E-state index is 12.4. The fraction of sp³-hybridized carbons (Fsp3) is 0.579. The Bertz CT molecular complexity index is 640. The molecule has 3 N–H and O–H groups in total. The van der Waals surface area contributed by atoms with Crippen molar-refractivity contribution in [3.05, 3.63) is 28.7 Å². The van der Waals surface area contributed by atoms with Gasteiger partial charge in [0.05, 0.1) is 6.10 Å². The van der Waals surface area contributed by atoms with E-state index < -0.39 is 0 Å². The molecule has 7 heteroatoms. The number of ether oxygens (including phenoxy) is 1. The molecule has 1 aliphatic heterocycles. The Balaban J connectivity index is 1.41. The summed E-state index contributed by atoms with van der Waals surface area (Å²) in [5.41, 5.74) is 0.943. The van der Waals surface area contributed by atoms with Crippen LogP contribution in [0.5, 0.6) is 0 Å². The van der Waals surface area contributed by atoms with Gasteiger partial charge in [-0.3, -0.25) is 4.79 Å². The van der Waals surface area contributed by atoms with E-state index in [1.165, 1.54) is 0 Å². The Morgan fingerprint density at radius 2 is 2.08 bits per heavy atom. The largest absolute Gasteiger partial charge is 0.381 e. The van der Waals surface area contributed by atoms with E-state index in [4.69, 9.17) is 17.0 Å². The van der Waals surface area contributed by atoms with E-state index in [1.54, 1.807) is 7.11 Å². The van der Waals surface area contributed by atoms with Crippen molar-refractivity contribution >= 4 is 44.9 Å². The topological polar surface area (TPSA) is 62.4 Å². The molecule has 4 unspecified atom stereocenters. The fourth-order valence-electron chi connectivity index (χ4n) is 3.96. The second kappa shape index (κ2) is 9.15. The minimum atomic E-state index is 0.0679. The SMILES string of the molecule is COC1CCC2CC(CCNC(=S)Nc3ccc(Br)cc3)C(=O)NC2C1. The number of methoxy groups -OCH3 is 1. The van der Waals surface area contributed by atoms with Crippen molar-refractivity contribution in [2.75, 3.05) is 19.0 Å². The number of hydrogen-bond donors (Lipinski definition) is 3. The van der Waals surface area contributed by atoms with Crippen LogP contribution in [0.25, 0.3) is 0 Å². The molecule has 1 saturated heterocycles. The van der Waals surface area contributed by atoms with E-state index >= 15 is 0 Å². The van der Waals surface area contributed by atoms with Crippen LogP contribution in [-0.4, -0.2) is 36.8 Å². The van der Waals surface area contributed by atoms with Crippen molar-refractivity contribution in [3.8, 4) is 0 Å². The van der Waals surface area contributed by atoms with Crippen LogP contribution in [-0.2, 0) is 9.53 Å². The summed E-state index contributed by atoms with van der Waals surface area (Å²) in [7, 11) is 1.76. The highest BCUT2D eigenvalue weighted by molar-refractivity contribution is 9.10. The van der Waals surface area contributed by atoms with Crippen LogP contribution < -0.4 is 16.0 Å². The summed E-state index contributed by atoms with van der Waals surface area (Å²) >= 11 is 8.75. The van der Waals surface area contributed by atoms with Crippen LogP contribution in [0, 0.1) is 11.8 Å². The van der Waals surface area contributed by atoms with Crippen LogP contribution in [0.1, 0.15) is 32.1 Å². The highest BCUT2D eigenvalue weighted by Gasteiger charge is 2.39. The fourth-order valence-corrected chi connectivity index (χ4v) is 4.44. The highest BCUT2D eigenvalue weighted by atomic mass is 79.9. The molecule has 1 saturated carbocycles. The summed E-state index contributed by atoms with van der Waals surface area (Å²) in [4.78, 5) is 12.4. The first kappa shape index (κ1) is 19.6. The van der Waals surface area contributed by atoms with Gasteiger partial charge in [-0.15, -0.1) is 0 Å². The number of nitrogens with one attached hydrogen (secondary N) is 3. The van der Waals surface area contributed by atoms with Crippen LogP contribution in [0.2, 0.25) is 0 Å². The van der Waals surface area contributed by atoms with Crippen LogP contribution in [0.4, 0.5) is 5.69 Å². The predicted molar refractivity (Wildman–Crippen MR) is 111 cm³/mol. The van der Waals surface area contributed by atoms with Gasteiger partial charge in [-0.2, -0.15) is 0 Å². The third-order valence-electron chi connectivity index (χ3n) is 5.44. The average molecular weight is 440 g/mol. The maximum Gasteiger partial charge on any atom is 0.223 e. The van der Waals surface area contributed by atoms with E-state index in [1.807, 2.05) is 24.3 Å². The van der Waals surface area contributed by atoms with Gasteiger partial charge in [0.1, 0.15) is 0 Å². The summed E-state index contributed by atoms with van der Waals surface area (Å²) in [6.07, 6.45) is 5.24. The minimum Gasteiger partial charge on any atom is -0.381 e. The molecule has 1 aromatic carbocycles. The third kappa shape index (κ3) is 5.18. The van der Waals surface area contributed by atoms with Crippen molar-refractivity contribution in [2.24, 2.45) is 11.8 Å². The van der Waals surface area contributed by atoms with Crippen molar-refractivity contribution in [1.29, 1.82) is 0 Å². The molecule has 2 fully saturated rings. The monoisotopic (exact) mass is 439 g/mol. The number of halogens is 1. The summed E-state index contributed by atoms with van der Waals surface area (Å²) < 4.78 is 6.49. The van der Waals surface area contributed by atoms with Crippen LogP contribution >= 0.6 is 28.1 Å². The van der Waals surface area contributed by atoms with Gasteiger partial charge in [-0.1, -0.05) is 15.9 Å². The number of benzene rings is 1. The number of hydrogen-bond acceptors (Lipinski definition) is 3. The summed E-state index contributed by atoms with van der Waals surface area (Å²) in [5, 5.41) is 10.2. The van der Waals surface area contributed by atoms with Gasteiger partial charge in [0, 0.05) is 35.8 Å². The number of thiocarbonyl (C=S) groups is 1. The Morgan fingerprint density at radius 1 is 1.31 bits per heavy atom. The summed E-state index contributed by atoms with van der Waals surface area (Å²) in [6, 6.07) is 8.13. The number of carbonyl (C=O) groups is 1. The highest BCUT2D eigenvalue weighted by Crippen LogP contribution is 2.35. The number of fused-ring (bicyclic) bond motifs is 1. The molecule has 2 aliphatic rings. The molecule has 0 bridgehead atoms. The van der Waals surface area contributed by atoms with Gasteiger partial charge in [-0.25, -0.2) is 0 Å². The van der Waals surface area contributed by atoms with Crippen molar-refractivity contribution in [2.45, 2.75) is 44.2 Å². The van der Waals surface area contributed by atoms with E-state index in [0.29, 0.717) is 17.6 Å². The Kier molecular flexibility index (Phi) is 6.89. The molecule has 1 aliphatic carbocycles. The number of amides is 1. The molecule has 3 rings (SSSR count). The lowest BCUT2D eigenvalue weighted by Crippen LogP contribution is -2.53. The number of carbonyl (C=O) groups excluding carboxylic acids is 1. The summed E-state index contributed by atoms with van der Waals surface area (Å²) in [6.45, 7) is 0.693.